The maximum Gasteiger partial charge on any atom is 0.327 e. The quantitative estimate of drug-likeness (QED) is 0.894. The maximum atomic E-state index is 11.9. The van der Waals surface area contributed by atoms with Crippen LogP contribution in [0.4, 0.5) is 16.2 Å². The van der Waals surface area contributed by atoms with E-state index in [-0.39, 0.29) is 11.9 Å². The summed E-state index contributed by atoms with van der Waals surface area (Å²) in [6, 6.07) is 5.32. The van der Waals surface area contributed by atoms with Gasteiger partial charge in [0, 0.05) is 24.2 Å². The number of nitrogens with zero attached hydrogens (tertiary/aromatic N) is 2. The molecule has 21 heavy (non-hydrogen) atoms. The molecule has 0 aromatic heterocycles. The first-order chi connectivity index (χ1) is 10.0. The monoisotopic (exact) mass is 286 g/mol. The Morgan fingerprint density at radius 1 is 1.48 bits per heavy atom. The molecule has 0 saturated heterocycles. The number of amides is 3. The van der Waals surface area contributed by atoms with Crippen LogP contribution in [0.3, 0.4) is 0 Å². The van der Waals surface area contributed by atoms with Gasteiger partial charge in [-0.25, -0.2) is 4.79 Å². The molecular weight excluding hydrogens is 268 g/mol. The maximum absolute atomic E-state index is 11.9. The summed E-state index contributed by atoms with van der Waals surface area (Å²) < 4.78 is 0. The molecule has 0 unspecified atom stereocenters. The Hall–Kier alpha value is -2.37. The highest BCUT2D eigenvalue weighted by Gasteiger charge is 2.31. The molecule has 3 rings (SSSR count). The van der Waals surface area contributed by atoms with Crippen LogP contribution in [-0.2, 0) is 4.79 Å². The van der Waals surface area contributed by atoms with Crippen LogP contribution in [0.1, 0.15) is 25.8 Å². The van der Waals surface area contributed by atoms with E-state index < -0.39 is 0 Å². The summed E-state index contributed by atoms with van der Waals surface area (Å²) in [5.74, 6) is 1.00. The lowest BCUT2D eigenvalue weighted by molar-refractivity contribution is -0.116. The summed E-state index contributed by atoms with van der Waals surface area (Å²) in [7, 11) is 0. The van der Waals surface area contributed by atoms with Gasteiger partial charge in [0.15, 0.2) is 0 Å². The lowest BCUT2D eigenvalue weighted by Gasteiger charge is -2.26. The standard InChI is InChI=1S/C15H18N4O2/c1-9(2)7-13(20)17-10-3-4-12-11(8-10)14-16-5-6-19(14)15(21)18-12/h3-4,8-9H,5-7H2,1-2H3,(H,17,20)(H,18,21). The number of nitrogens with one attached hydrogen (secondary N) is 2. The van der Waals surface area contributed by atoms with Gasteiger partial charge in [-0.05, 0) is 24.1 Å². The summed E-state index contributed by atoms with van der Waals surface area (Å²) in [4.78, 5) is 29.8. The van der Waals surface area contributed by atoms with Crippen LogP contribution >= 0.6 is 0 Å². The molecule has 0 atom stereocenters. The third kappa shape index (κ3) is 2.61. The van der Waals surface area contributed by atoms with Crippen molar-refractivity contribution in [1.82, 2.24) is 4.90 Å². The molecular formula is C15H18N4O2. The van der Waals surface area contributed by atoms with Crippen LogP contribution in [0.2, 0.25) is 0 Å². The molecule has 2 aliphatic rings. The summed E-state index contributed by atoms with van der Waals surface area (Å²) in [5.41, 5.74) is 2.32. The average molecular weight is 286 g/mol. The normalized spacial score (nSPS) is 16.2. The molecule has 0 radical (unpaired) electrons. The molecule has 1 aromatic carbocycles. The molecule has 0 saturated carbocycles. The zero-order valence-electron chi connectivity index (χ0n) is 12.1. The Labute approximate surface area is 123 Å². The van der Waals surface area contributed by atoms with E-state index in [0.29, 0.717) is 31.3 Å². The minimum atomic E-state index is -0.143. The minimum absolute atomic E-state index is 0.00462. The van der Waals surface area contributed by atoms with Gasteiger partial charge in [-0.2, -0.15) is 0 Å². The third-order valence-corrected chi connectivity index (χ3v) is 3.47. The molecule has 110 valence electrons. The van der Waals surface area contributed by atoms with Gasteiger partial charge < -0.3 is 10.6 Å². The van der Waals surface area contributed by atoms with E-state index >= 15 is 0 Å². The first-order valence-electron chi connectivity index (χ1n) is 7.12. The fourth-order valence-corrected chi connectivity index (χ4v) is 2.56. The van der Waals surface area contributed by atoms with Crippen molar-refractivity contribution >= 4 is 29.1 Å². The zero-order valence-corrected chi connectivity index (χ0v) is 12.1. The van der Waals surface area contributed by atoms with Crippen molar-refractivity contribution in [2.45, 2.75) is 20.3 Å². The average Bonchev–Trinajstić information content (AvgIpc) is 2.88. The number of hydrogen-bond donors (Lipinski definition) is 2. The van der Waals surface area contributed by atoms with E-state index in [0.717, 1.165) is 16.9 Å². The van der Waals surface area contributed by atoms with Crippen molar-refractivity contribution in [3.8, 4) is 0 Å². The van der Waals surface area contributed by atoms with Gasteiger partial charge in [-0.3, -0.25) is 14.7 Å². The fourth-order valence-electron chi connectivity index (χ4n) is 2.56. The first-order valence-corrected chi connectivity index (χ1v) is 7.12. The molecule has 2 N–H and O–H groups in total. The van der Waals surface area contributed by atoms with Crippen LogP contribution in [0, 0.1) is 5.92 Å². The second-order valence-electron chi connectivity index (χ2n) is 5.69. The summed E-state index contributed by atoms with van der Waals surface area (Å²) in [6.07, 6.45) is 0.487. The zero-order chi connectivity index (χ0) is 15.0. The van der Waals surface area contributed by atoms with Gasteiger partial charge in [-0.15, -0.1) is 0 Å². The van der Waals surface area contributed by atoms with Gasteiger partial charge in [0.1, 0.15) is 5.84 Å². The Balaban J connectivity index is 1.86. The van der Waals surface area contributed by atoms with Crippen LogP contribution in [0.15, 0.2) is 23.2 Å². The molecule has 2 aliphatic heterocycles. The van der Waals surface area contributed by atoms with E-state index in [2.05, 4.69) is 15.6 Å². The van der Waals surface area contributed by atoms with E-state index in [1.807, 2.05) is 19.9 Å². The Kier molecular flexibility index (Phi) is 3.37. The molecule has 6 nitrogen and oxygen atoms in total. The number of aliphatic imine (C=N–C) groups is 1. The number of carbonyl (C=O) groups excluding carboxylic acids is 2. The summed E-state index contributed by atoms with van der Waals surface area (Å²) in [5, 5.41) is 5.73. The van der Waals surface area contributed by atoms with Gasteiger partial charge in [0.2, 0.25) is 5.91 Å². The Morgan fingerprint density at radius 3 is 3.05 bits per heavy atom. The molecule has 3 amide bonds. The van der Waals surface area contributed by atoms with Crippen molar-refractivity contribution in [3.63, 3.8) is 0 Å². The van der Waals surface area contributed by atoms with Crippen molar-refractivity contribution in [3.05, 3.63) is 23.8 Å². The van der Waals surface area contributed by atoms with Crippen molar-refractivity contribution < 1.29 is 9.59 Å². The van der Waals surface area contributed by atoms with Crippen molar-refractivity contribution in [1.29, 1.82) is 0 Å². The number of urea groups is 1. The SMILES string of the molecule is CC(C)CC(=O)Nc1ccc2c(c1)C1=NCCN1C(=O)N2. The summed E-state index contributed by atoms with van der Waals surface area (Å²) >= 11 is 0. The van der Waals surface area contributed by atoms with Crippen LogP contribution in [-0.4, -0.2) is 35.8 Å². The predicted molar refractivity (Wildman–Crippen MR) is 81.7 cm³/mol. The molecule has 0 aliphatic carbocycles. The highest BCUT2D eigenvalue weighted by Crippen LogP contribution is 2.28. The second-order valence-corrected chi connectivity index (χ2v) is 5.69. The van der Waals surface area contributed by atoms with Gasteiger partial charge in [0.05, 0.1) is 12.2 Å². The van der Waals surface area contributed by atoms with Crippen LogP contribution in [0.25, 0.3) is 0 Å². The van der Waals surface area contributed by atoms with Gasteiger partial charge in [0.25, 0.3) is 0 Å². The smallest absolute Gasteiger partial charge is 0.326 e. The number of amidine groups is 1. The number of benzene rings is 1. The van der Waals surface area contributed by atoms with Crippen LogP contribution < -0.4 is 10.6 Å². The highest BCUT2D eigenvalue weighted by atomic mass is 16.2. The predicted octanol–water partition coefficient (Wildman–Crippen LogP) is 2.28. The molecule has 2 heterocycles. The molecule has 0 bridgehead atoms. The third-order valence-electron chi connectivity index (χ3n) is 3.47. The molecule has 6 heteroatoms. The minimum Gasteiger partial charge on any atom is -0.326 e. The Bertz CT molecular complexity index is 637. The molecule has 0 fully saturated rings. The number of anilines is 2. The van der Waals surface area contributed by atoms with E-state index in [4.69, 9.17) is 0 Å². The summed E-state index contributed by atoms with van der Waals surface area (Å²) in [6.45, 7) is 5.23. The second kappa shape index (κ2) is 5.20. The van der Waals surface area contributed by atoms with Crippen molar-refractivity contribution in [2.75, 3.05) is 23.7 Å². The molecule has 0 spiro atoms. The van der Waals surface area contributed by atoms with E-state index in [1.165, 1.54) is 0 Å². The topological polar surface area (TPSA) is 73.8 Å². The fraction of sp³-hybridized carbons (Fsp3) is 0.400. The van der Waals surface area contributed by atoms with Gasteiger partial charge >= 0.3 is 6.03 Å². The lowest BCUT2D eigenvalue weighted by Crippen LogP contribution is -2.42. The molecule has 1 aromatic rings. The number of rotatable bonds is 3. The largest absolute Gasteiger partial charge is 0.327 e. The van der Waals surface area contributed by atoms with E-state index in [1.54, 1.807) is 17.0 Å². The van der Waals surface area contributed by atoms with Gasteiger partial charge in [-0.1, -0.05) is 13.8 Å². The lowest BCUT2D eigenvalue weighted by atomic mass is 10.1. The van der Waals surface area contributed by atoms with E-state index in [9.17, 15) is 9.59 Å². The first kappa shape index (κ1) is 13.6. The number of hydrogen-bond acceptors (Lipinski definition) is 3. The number of fused-ring (bicyclic) bond motifs is 3. The van der Waals surface area contributed by atoms with Crippen LogP contribution in [0.5, 0.6) is 0 Å². The highest BCUT2D eigenvalue weighted by molar-refractivity contribution is 6.19. The Morgan fingerprint density at radius 2 is 2.29 bits per heavy atom. The van der Waals surface area contributed by atoms with Crippen molar-refractivity contribution in [2.24, 2.45) is 10.9 Å². The number of carbonyl (C=O) groups is 2.